The maximum absolute atomic E-state index is 10.5. The Labute approximate surface area is 134 Å². The predicted molar refractivity (Wildman–Crippen MR) is 87.0 cm³/mol. The van der Waals surface area contributed by atoms with E-state index in [1.165, 1.54) is 7.11 Å². The van der Waals surface area contributed by atoms with E-state index in [1.807, 2.05) is 39.6 Å². The Kier molecular flexibility index (Phi) is 18.6. The first-order valence-corrected chi connectivity index (χ1v) is 6.92. The summed E-state index contributed by atoms with van der Waals surface area (Å²) < 4.78 is 4.45. The fourth-order valence-corrected chi connectivity index (χ4v) is 1.10. The smallest absolute Gasteiger partial charge is 0.306 e. The van der Waals surface area contributed by atoms with Crippen molar-refractivity contribution in [2.24, 2.45) is 0 Å². The lowest BCUT2D eigenvalue weighted by Gasteiger charge is -2.19. The van der Waals surface area contributed by atoms with Gasteiger partial charge in [-0.05, 0) is 20.9 Å². The van der Waals surface area contributed by atoms with Gasteiger partial charge in [-0.15, -0.1) is 12.4 Å². The number of hydrogen-bond donors (Lipinski definition) is 2. The maximum atomic E-state index is 10.5. The van der Waals surface area contributed by atoms with E-state index in [4.69, 9.17) is 5.11 Å². The number of rotatable bonds is 8. The number of halogens is 1. The summed E-state index contributed by atoms with van der Waals surface area (Å²) in [4.78, 5) is 22.6. The Bertz CT molecular complexity index is 274. The molecule has 0 unspecified atom stereocenters. The van der Waals surface area contributed by atoms with Crippen LogP contribution in [0.5, 0.6) is 0 Å². The Morgan fingerprint density at radius 3 is 2.05 bits per heavy atom. The highest BCUT2D eigenvalue weighted by Gasteiger charge is 2.04. The van der Waals surface area contributed by atoms with Crippen LogP contribution in [0.15, 0.2) is 0 Å². The number of methoxy groups -OCH3 is 1. The number of carboxylic acids is 1. The van der Waals surface area contributed by atoms with Crippen molar-refractivity contribution < 1.29 is 19.4 Å². The van der Waals surface area contributed by atoms with Crippen LogP contribution in [0, 0.1) is 0 Å². The van der Waals surface area contributed by atoms with Gasteiger partial charge < -0.3 is 20.1 Å². The molecule has 0 aliphatic heterocycles. The highest BCUT2D eigenvalue weighted by atomic mass is 35.5. The number of carboxylic acid groups (broad SMARTS) is 1. The summed E-state index contributed by atoms with van der Waals surface area (Å²) in [5.41, 5.74) is 0. The van der Waals surface area contributed by atoms with E-state index in [-0.39, 0.29) is 24.8 Å². The first-order chi connectivity index (χ1) is 9.20. The van der Waals surface area contributed by atoms with E-state index in [2.05, 4.69) is 10.1 Å². The Morgan fingerprint density at radius 2 is 1.71 bits per heavy atom. The molecule has 0 aromatic rings. The van der Waals surface area contributed by atoms with Gasteiger partial charge in [0.25, 0.3) is 0 Å². The number of aliphatic carboxylic acids is 1. The van der Waals surface area contributed by atoms with Gasteiger partial charge in [0.05, 0.1) is 20.0 Å². The van der Waals surface area contributed by atoms with Gasteiger partial charge in [0, 0.05) is 25.2 Å². The van der Waals surface area contributed by atoms with Crippen LogP contribution in [0.2, 0.25) is 0 Å². The average molecular weight is 327 g/mol. The van der Waals surface area contributed by atoms with Crippen LogP contribution in [-0.4, -0.2) is 61.3 Å². The van der Waals surface area contributed by atoms with Crippen LogP contribution in [0.25, 0.3) is 0 Å². The van der Waals surface area contributed by atoms with Crippen LogP contribution >= 0.6 is 12.4 Å². The number of nitrogens with zero attached hydrogens (tertiary/aromatic N) is 1. The number of carbonyl (C=O) groups excluding carboxylic acids is 1. The number of carbonyl (C=O) groups is 2. The van der Waals surface area contributed by atoms with Gasteiger partial charge in [-0.3, -0.25) is 9.59 Å². The molecule has 0 rings (SSSR count). The Balaban J connectivity index is -0.000000295. The quantitative estimate of drug-likeness (QED) is 0.662. The summed E-state index contributed by atoms with van der Waals surface area (Å²) in [6.07, 6.45) is 0.684. The molecule has 21 heavy (non-hydrogen) atoms. The van der Waals surface area contributed by atoms with Crippen molar-refractivity contribution >= 4 is 24.3 Å². The topological polar surface area (TPSA) is 78.9 Å². The maximum Gasteiger partial charge on any atom is 0.306 e. The molecule has 0 heterocycles. The molecule has 0 fully saturated rings. The summed E-state index contributed by atoms with van der Waals surface area (Å²) >= 11 is 0. The Morgan fingerprint density at radius 1 is 1.19 bits per heavy atom. The van der Waals surface area contributed by atoms with Gasteiger partial charge in [-0.25, -0.2) is 0 Å². The fourth-order valence-electron chi connectivity index (χ4n) is 1.10. The molecule has 128 valence electrons. The number of nitrogens with one attached hydrogen (secondary N) is 1. The van der Waals surface area contributed by atoms with Crippen molar-refractivity contribution in [3.05, 3.63) is 0 Å². The first-order valence-electron chi connectivity index (χ1n) is 6.92. The van der Waals surface area contributed by atoms with E-state index >= 15 is 0 Å². The van der Waals surface area contributed by atoms with Gasteiger partial charge >= 0.3 is 11.9 Å². The summed E-state index contributed by atoms with van der Waals surface area (Å²) in [7, 11) is 3.32. The van der Waals surface area contributed by atoms with E-state index < -0.39 is 5.97 Å². The van der Waals surface area contributed by atoms with Crippen LogP contribution in [0.1, 0.15) is 40.5 Å². The molecule has 0 saturated heterocycles. The van der Waals surface area contributed by atoms with Gasteiger partial charge in [0.1, 0.15) is 0 Å². The average Bonchev–Trinajstić information content (AvgIpc) is 2.35. The molecule has 0 aromatic heterocycles. The molecular formula is C14H31ClN2O4. The highest BCUT2D eigenvalue weighted by Crippen LogP contribution is 1.94. The van der Waals surface area contributed by atoms with Gasteiger partial charge in [0.2, 0.25) is 0 Å². The molecule has 0 atom stereocenters. The third-order valence-corrected chi connectivity index (χ3v) is 2.67. The third kappa shape index (κ3) is 21.6. The number of hydrogen-bond acceptors (Lipinski definition) is 5. The van der Waals surface area contributed by atoms with Crippen LogP contribution in [-0.2, 0) is 14.3 Å². The van der Waals surface area contributed by atoms with Crippen molar-refractivity contribution in [3.63, 3.8) is 0 Å². The molecule has 0 bridgehead atoms. The number of esters is 1. The molecule has 7 heteroatoms. The van der Waals surface area contributed by atoms with E-state index in [0.717, 1.165) is 0 Å². The Hall–Kier alpha value is -0.850. The predicted octanol–water partition coefficient (Wildman–Crippen LogP) is 1.77. The summed E-state index contributed by atoms with van der Waals surface area (Å²) in [6, 6.07) is 0.865. The van der Waals surface area contributed by atoms with Crippen molar-refractivity contribution in [3.8, 4) is 0 Å². The molecule has 0 aromatic carbocycles. The molecule has 6 nitrogen and oxygen atoms in total. The number of ether oxygens (including phenoxy) is 1. The van der Waals surface area contributed by atoms with Crippen LogP contribution in [0.3, 0.4) is 0 Å². The molecule has 0 saturated carbocycles. The standard InChI is InChI=1S/2C7H15NO2.ClH/c1-6(2)8-5-4-7(9)10-3;1-6(2)8(3)5-4-7(9)10;/h6,8H,4-5H2,1-3H3;6H,4-5H2,1-3H3,(H,9,10);1H. The second kappa shape index (κ2) is 15.5. The fraction of sp³-hybridized carbons (Fsp3) is 0.857. The zero-order chi connectivity index (χ0) is 16.1. The van der Waals surface area contributed by atoms with Crippen LogP contribution in [0.4, 0.5) is 0 Å². The molecule has 2 N–H and O–H groups in total. The second-order valence-corrected chi connectivity index (χ2v) is 5.15. The SMILES string of the molecule is CC(C)N(C)CCC(=O)O.COC(=O)CCNC(C)C.Cl. The molecule has 0 aliphatic rings. The van der Waals surface area contributed by atoms with E-state index in [9.17, 15) is 9.59 Å². The summed E-state index contributed by atoms with van der Waals surface area (Å²) in [5.74, 6) is -0.888. The van der Waals surface area contributed by atoms with Crippen molar-refractivity contribution in [2.45, 2.75) is 52.6 Å². The largest absolute Gasteiger partial charge is 0.481 e. The van der Waals surface area contributed by atoms with E-state index in [1.54, 1.807) is 0 Å². The molecular weight excluding hydrogens is 296 g/mol. The molecule has 0 amide bonds. The molecule has 0 aliphatic carbocycles. The summed E-state index contributed by atoms with van der Waals surface area (Å²) in [5, 5.41) is 11.4. The lowest BCUT2D eigenvalue weighted by atomic mass is 10.3. The second-order valence-electron chi connectivity index (χ2n) is 5.15. The van der Waals surface area contributed by atoms with Gasteiger partial charge in [-0.2, -0.15) is 0 Å². The molecule has 0 radical (unpaired) electrons. The van der Waals surface area contributed by atoms with Gasteiger partial charge in [-0.1, -0.05) is 13.8 Å². The normalized spacial score (nSPS) is 9.95. The zero-order valence-electron chi connectivity index (χ0n) is 14.0. The van der Waals surface area contributed by atoms with Gasteiger partial charge in [0.15, 0.2) is 0 Å². The minimum Gasteiger partial charge on any atom is -0.481 e. The zero-order valence-corrected chi connectivity index (χ0v) is 14.8. The van der Waals surface area contributed by atoms with Crippen LogP contribution < -0.4 is 5.32 Å². The highest BCUT2D eigenvalue weighted by molar-refractivity contribution is 5.85. The first kappa shape index (κ1) is 25.1. The third-order valence-electron chi connectivity index (χ3n) is 2.67. The minimum atomic E-state index is -0.729. The molecule has 0 spiro atoms. The lowest BCUT2D eigenvalue weighted by molar-refractivity contribution is -0.140. The van der Waals surface area contributed by atoms with Crippen molar-refractivity contribution in [2.75, 3.05) is 27.2 Å². The van der Waals surface area contributed by atoms with Crippen molar-refractivity contribution in [1.82, 2.24) is 10.2 Å². The lowest BCUT2D eigenvalue weighted by Crippen LogP contribution is -2.28. The van der Waals surface area contributed by atoms with E-state index in [0.29, 0.717) is 31.6 Å². The summed E-state index contributed by atoms with van der Waals surface area (Å²) in [6.45, 7) is 9.50. The van der Waals surface area contributed by atoms with Crippen molar-refractivity contribution in [1.29, 1.82) is 0 Å². The minimum absolute atomic E-state index is 0. The monoisotopic (exact) mass is 326 g/mol.